The highest BCUT2D eigenvalue weighted by Crippen LogP contribution is 2.28. The zero-order valence-corrected chi connectivity index (χ0v) is 18.2. The van der Waals surface area contributed by atoms with Crippen molar-refractivity contribution in [3.8, 4) is 11.4 Å². The van der Waals surface area contributed by atoms with Gasteiger partial charge in [-0.25, -0.2) is 0 Å². The summed E-state index contributed by atoms with van der Waals surface area (Å²) in [6, 6.07) is 21.7. The summed E-state index contributed by atoms with van der Waals surface area (Å²) in [6.45, 7) is 4.48. The lowest BCUT2D eigenvalue weighted by Gasteiger charge is -2.14. The predicted octanol–water partition coefficient (Wildman–Crippen LogP) is 4.82. The highest BCUT2D eigenvalue weighted by molar-refractivity contribution is 8.00. The molecule has 2 aromatic heterocycles. The number of pyridine rings is 1. The molecule has 31 heavy (non-hydrogen) atoms. The molecule has 4 rings (SSSR count). The fourth-order valence-electron chi connectivity index (χ4n) is 3.17. The largest absolute Gasteiger partial charge is 0.325 e. The van der Waals surface area contributed by atoms with Gasteiger partial charge in [0.25, 0.3) is 0 Å². The van der Waals surface area contributed by atoms with Gasteiger partial charge < -0.3 is 5.32 Å². The average Bonchev–Trinajstić information content (AvgIpc) is 3.17. The molecule has 0 aliphatic rings. The number of carbonyl (C=O) groups is 1. The quantitative estimate of drug-likeness (QED) is 0.427. The zero-order chi connectivity index (χ0) is 21.6. The van der Waals surface area contributed by atoms with E-state index in [1.807, 2.05) is 73.0 Å². The lowest BCUT2D eigenvalue weighted by Crippen LogP contribution is -2.23. The van der Waals surface area contributed by atoms with E-state index >= 15 is 0 Å². The maximum absolute atomic E-state index is 12.8. The molecule has 1 N–H and O–H groups in total. The van der Waals surface area contributed by atoms with E-state index < -0.39 is 0 Å². The number of nitrogens with zero attached hydrogens (tertiary/aromatic N) is 4. The fourth-order valence-corrected chi connectivity index (χ4v) is 4.02. The van der Waals surface area contributed by atoms with Crippen molar-refractivity contribution in [2.75, 3.05) is 5.32 Å². The van der Waals surface area contributed by atoms with Crippen molar-refractivity contribution in [2.45, 2.75) is 30.8 Å². The number of aryl methyl sites for hydroxylation is 1. The number of nitrogens with one attached hydrogen (secondary N) is 1. The molecule has 1 amide bonds. The highest BCUT2D eigenvalue weighted by Gasteiger charge is 2.21. The maximum atomic E-state index is 12.8. The van der Waals surface area contributed by atoms with Crippen molar-refractivity contribution < 1.29 is 4.79 Å². The first-order valence-corrected chi connectivity index (χ1v) is 10.9. The number of amides is 1. The van der Waals surface area contributed by atoms with E-state index in [0.717, 1.165) is 28.2 Å². The first kappa shape index (κ1) is 20.8. The summed E-state index contributed by atoms with van der Waals surface area (Å²) in [5, 5.41) is 12.1. The van der Waals surface area contributed by atoms with Gasteiger partial charge in [-0.15, -0.1) is 10.2 Å². The van der Waals surface area contributed by atoms with Crippen LogP contribution in [0, 0.1) is 6.92 Å². The van der Waals surface area contributed by atoms with Gasteiger partial charge in [0.05, 0.1) is 11.8 Å². The molecule has 1 atom stereocenters. The molecular weight excluding hydrogens is 406 g/mol. The van der Waals surface area contributed by atoms with Crippen molar-refractivity contribution in [3.05, 3.63) is 90.3 Å². The summed E-state index contributed by atoms with van der Waals surface area (Å²) in [6.07, 6.45) is 3.50. The molecule has 0 spiro atoms. The number of thioether (sulfide) groups is 1. The standard InChI is InChI=1S/C24H23N5OS/c1-17-8-6-12-21(14-17)26-23(30)18(2)31-24-28-27-22(20-11-7-13-25-15-20)29(24)16-19-9-4-3-5-10-19/h3-15,18H,16H2,1-2H3,(H,26,30)/t18-/m0/s1. The lowest BCUT2D eigenvalue weighted by molar-refractivity contribution is -0.115. The van der Waals surface area contributed by atoms with E-state index in [-0.39, 0.29) is 11.2 Å². The van der Waals surface area contributed by atoms with Crippen LogP contribution >= 0.6 is 11.8 Å². The smallest absolute Gasteiger partial charge is 0.237 e. The van der Waals surface area contributed by atoms with E-state index in [2.05, 4.69) is 32.6 Å². The van der Waals surface area contributed by atoms with E-state index in [0.29, 0.717) is 11.7 Å². The van der Waals surface area contributed by atoms with E-state index in [4.69, 9.17) is 0 Å². The SMILES string of the molecule is Cc1cccc(NC(=O)[C@H](C)Sc2nnc(-c3cccnc3)n2Cc2ccccc2)c1. The van der Waals surface area contributed by atoms with Gasteiger partial charge >= 0.3 is 0 Å². The number of aromatic nitrogens is 4. The minimum Gasteiger partial charge on any atom is -0.325 e. The molecule has 2 heterocycles. The van der Waals surface area contributed by atoms with Gasteiger partial charge in [0.2, 0.25) is 5.91 Å². The third-order valence-electron chi connectivity index (χ3n) is 4.76. The molecule has 0 aliphatic heterocycles. The van der Waals surface area contributed by atoms with Crippen LogP contribution in [0.4, 0.5) is 5.69 Å². The van der Waals surface area contributed by atoms with E-state index in [9.17, 15) is 4.79 Å². The Labute approximate surface area is 185 Å². The molecule has 7 heteroatoms. The van der Waals surface area contributed by atoms with Crippen molar-refractivity contribution in [1.29, 1.82) is 0 Å². The molecule has 0 unspecified atom stereocenters. The zero-order valence-electron chi connectivity index (χ0n) is 17.4. The maximum Gasteiger partial charge on any atom is 0.237 e. The molecule has 0 radical (unpaired) electrons. The van der Waals surface area contributed by atoms with Gasteiger partial charge in [0.1, 0.15) is 0 Å². The van der Waals surface area contributed by atoms with Crippen LogP contribution in [0.3, 0.4) is 0 Å². The van der Waals surface area contributed by atoms with Crippen LogP contribution in [0.15, 0.2) is 84.3 Å². The van der Waals surface area contributed by atoms with E-state index in [1.165, 1.54) is 11.8 Å². The van der Waals surface area contributed by atoms with Crippen LogP contribution in [0.5, 0.6) is 0 Å². The Morgan fingerprint density at radius 3 is 2.65 bits per heavy atom. The van der Waals surface area contributed by atoms with Crippen LogP contribution in [-0.2, 0) is 11.3 Å². The Morgan fingerprint density at radius 1 is 1.06 bits per heavy atom. The summed E-state index contributed by atoms with van der Waals surface area (Å²) < 4.78 is 2.04. The Morgan fingerprint density at radius 2 is 1.90 bits per heavy atom. The summed E-state index contributed by atoms with van der Waals surface area (Å²) in [5.74, 6) is 0.651. The Balaban J connectivity index is 1.58. The topological polar surface area (TPSA) is 72.7 Å². The van der Waals surface area contributed by atoms with Gasteiger partial charge in [0, 0.05) is 23.6 Å². The molecule has 0 saturated heterocycles. The van der Waals surface area contributed by atoms with Gasteiger partial charge in [-0.3, -0.25) is 14.3 Å². The summed E-state index contributed by atoms with van der Waals surface area (Å²) in [5.41, 5.74) is 3.90. The summed E-state index contributed by atoms with van der Waals surface area (Å²) >= 11 is 1.39. The Hall–Kier alpha value is -3.45. The fraction of sp³-hybridized carbons (Fsp3) is 0.167. The third-order valence-corrected chi connectivity index (χ3v) is 5.84. The molecule has 0 bridgehead atoms. The number of rotatable bonds is 7. The second kappa shape index (κ2) is 9.57. The Bertz CT molecular complexity index is 1160. The highest BCUT2D eigenvalue weighted by atomic mass is 32.2. The third kappa shape index (κ3) is 5.19. The van der Waals surface area contributed by atoms with Crippen molar-refractivity contribution in [3.63, 3.8) is 0 Å². The molecule has 4 aromatic rings. The monoisotopic (exact) mass is 429 g/mol. The number of anilines is 1. The molecule has 6 nitrogen and oxygen atoms in total. The normalized spacial score (nSPS) is 11.8. The number of benzene rings is 2. The molecular formula is C24H23N5OS. The summed E-state index contributed by atoms with van der Waals surface area (Å²) in [4.78, 5) is 17.0. The van der Waals surface area contributed by atoms with Crippen LogP contribution in [-0.4, -0.2) is 30.9 Å². The minimum atomic E-state index is -0.346. The lowest BCUT2D eigenvalue weighted by atomic mass is 10.2. The first-order chi connectivity index (χ1) is 15.1. The van der Waals surface area contributed by atoms with Gasteiger partial charge in [-0.2, -0.15) is 0 Å². The molecule has 156 valence electrons. The van der Waals surface area contributed by atoms with Crippen molar-refractivity contribution >= 4 is 23.4 Å². The Kier molecular flexibility index (Phi) is 6.43. The second-order valence-electron chi connectivity index (χ2n) is 7.24. The van der Waals surface area contributed by atoms with Crippen LogP contribution < -0.4 is 5.32 Å². The van der Waals surface area contributed by atoms with Crippen LogP contribution in [0.25, 0.3) is 11.4 Å². The number of hydrogen-bond donors (Lipinski definition) is 1. The van der Waals surface area contributed by atoms with Gasteiger partial charge in [0.15, 0.2) is 11.0 Å². The van der Waals surface area contributed by atoms with Gasteiger partial charge in [-0.05, 0) is 49.2 Å². The summed E-state index contributed by atoms with van der Waals surface area (Å²) in [7, 11) is 0. The second-order valence-corrected chi connectivity index (χ2v) is 8.55. The average molecular weight is 430 g/mol. The molecule has 2 aromatic carbocycles. The number of carbonyl (C=O) groups excluding carboxylic acids is 1. The van der Waals surface area contributed by atoms with Crippen LogP contribution in [0.2, 0.25) is 0 Å². The number of hydrogen-bond acceptors (Lipinski definition) is 5. The molecule has 0 aliphatic carbocycles. The van der Waals surface area contributed by atoms with Gasteiger partial charge in [-0.1, -0.05) is 54.2 Å². The first-order valence-electron chi connectivity index (χ1n) is 10.0. The van der Waals surface area contributed by atoms with Crippen molar-refractivity contribution in [1.82, 2.24) is 19.7 Å². The molecule has 0 fully saturated rings. The van der Waals surface area contributed by atoms with Crippen molar-refractivity contribution in [2.24, 2.45) is 0 Å². The minimum absolute atomic E-state index is 0.0761. The van der Waals surface area contributed by atoms with Crippen LogP contribution in [0.1, 0.15) is 18.1 Å². The molecule has 0 saturated carbocycles. The van der Waals surface area contributed by atoms with E-state index in [1.54, 1.807) is 12.4 Å². The predicted molar refractivity (Wildman–Crippen MR) is 124 cm³/mol.